The van der Waals surface area contributed by atoms with E-state index in [1.165, 1.54) is 6.92 Å². The smallest absolute Gasteiger partial charge is 0.338 e. The Morgan fingerprint density at radius 2 is 1.90 bits per heavy atom. The first-order valence-corrected chi connectivity index (χ1v) is 10.1. The molecule has 1 atom stereocenters. The second kappa shape index (κ2) is 9.42. The topological polar surface area (TPSA) is 99.5 Å². The molecule has 0 aliphatic rings. The van der Waals surface area contributed by atoms with Crippen molar-refractivity contribution < 1.29 is 19.1 Å². The minimum atomic E-state index is -1.03. The van der Waals surface area contributed by atoms with Crippen LogP contribution in [0.4, 0.5) is 5.69 Å². The number of para-hydroxylation sites is 2. The van der Waals surface area contributed by atoms with Gasteiger partial charge in [0.1, 0.15) is 11.4 Å². The van der Waals surface area contributed by atoms with Crippen LogP contribution in [0.2, 0.25) is 0 Å². The van der Waals surface area contributed by atoms with Gasteiger partial charge in [0.2, 0.25) is 0 Å². The molecule has 0 unspecified atom stereocenters. The molecule has 0 bridgehead atoms. The zero-order valence-corrected chi connectivity index (χ0v) is 18.0. The van der Waals surface area contributed by atoms with Gasteiger partial charge in [0.15, 0.2) is 6.10 Å². The minimum absolute atomic E-state index is 0.164. The number of aromatic nitrogens is 2. The van der Waals surface area contributed by atoms with E-state index < -0.39 is 18.0 Å². The molecule has 8 nitrogen and oxygen atoms in total. The number of benzene rings is 2. The number of carbonyl (C=O) groups is 2. The average molecular weight is 423 g/mol. The lowest BCUT2D eigenvalue weighted by atomic mass is 10.2. The van der Waals surface area contributed by atoms with Gasteiger partial charge >= 0.3 is 5.97 Å². The first-order chi connectivity index (χ1) is 14.8. The molecule has 0 spiro atoms. The summed E-state index contributed by atoms with van der Waals surface area (Å²) in [6.45, 7) is 7.79. The van der Waals surface area contributed by atoms with Crippen molar-refractivity contribution in [2.24, 2.45) is 0 Å². The predicted molar refractivity (Wildman–Crippen MR) is 118 cm³/mol. The van der Waals surface area contributed by atoms with E-state index >= 15 is 0 Å². The standard InChI is InChI=1S/C23H25N3O5/c1-5-26-19-12-11-16(13-18(19)24-14(3)22(26)28)23(29)31-15(4)21(27)25-17-9-7-8-10-20(17)30-6-2/h7-13,15H,5-6H2,1-4H3,(H,25,27)/t15-/m0/s1. The summed E-state index contributed by atoms with van der Waals surface area (Å²) in [5, 5.41) is 2.72. The minimum Gasteiger partial charge on any atom is -0.492 e. The van der Waals surface area contributed by atoms with Gasteiger partial charge in [0, 0.05) is 6.54 Å². The molecule has 0 aliphatic carbocycles. The number of carbonyl (C=O) groups excluding carboxylic acids is 2. The van der Waals surface area contributed by atoms with Crippen LogP contribution in [0.25, 0.3) is 11.0 Å². The lowest BCUT2D eigenvalue weighted by molar-refractivity contribution is -0.123. The summed E-state index contributed by atoms with van der Waals surface area (Å²) >= 11 is 0. The van der Waals surface area contributed by atoms with Gasteiger partial charge in [0.25, 0.3) is 11.5 Å². The molecule has 8 heteroatoms. The Kier molecular flexibility index (Phi) is 6.69. The fraction of sp³-hybridized carbons (Fsp3) is 0.304. The summed E-state index contributed by atoms with van der Waals surface area (Å²) in [7, 11) is 0. The maximum absolute atomic E-state index is 12.6. The van der Waals surface area contributed by atoms with Crippen LogP contribution in [-0.4, -0.2) is 34.1 Å². The molecule has 1 aromatic heterocycles. The molecule has 1 heterocycles. The van der Waals surface area contributed by atoms with Crippen LogP contribution in [0, 0.1) is 6.92 Å². The summed E-state index contributed by atoms with van der Waals surface area (Å²) in [6, 6.07) is 11.8. The van der Waals surface area contributed by atoms with Gasteiger partial charge in [-0.25, -0.2) is 9.78 Å². The van der Waals surface area contributed by atoms with Gasteiger partial charge in [0.05, 0.1) is 28.9 Å². The molecule has 1 amide bonds. The van der Waals surface area contributed by atoms with Gasteiger partial charge in [-0.1, -0.05) is 12.1 Å². The molecule has 0 saturated heterocycles. The molecule has 1 N–H and O–H groups in total. The summed E-state index contributed by atoms with van der Waals surface area (Å²) in [6.07, 6.45) is -1.03. The third-order valence-electron chi connectivity index (χ3n) is 4.76. The van der Waals surface area contributed by atoms with E-state index in [1.54, 1.807) is 54.0 Å². The van der Waals surface area contributed by atoms with Crippen LogP contribution in [0.3, 0.4) is 0 Å². The number of aryl methyl sites for hydroxylation is 2. The fourth-order valence-corrected chi connectivity index (χ4v) is 3.18. The predicted octanol–water partition coefficient (Wildman–Crippen LogP) is 3.31. The third-order valence-corrected chi connectivity index (χ3v) is 4.76. The van der Waals surface area contributed by atoms with Gasteiger partial charge in [-0.15, -0.1) is 0 Å². The van der Waals surface area contributed by atoms with Crippen molar-refractivity contribution in [2.75, 3.05) is 11.9 Å². The normalized spacial score (nSPS) is 11.7. The summed E-state index contributed by atoms with van der Waals surface area (Å²) in [4.78, 5) is 41.6. The molecule has 0 fully saturated rings. The van der Waals surface area contributed by atoms with E-state index in [4.69, 9.17) is 9.47 Å². The van der Waals surface area contributed by atoms with Crippen LogP contribution < -0.4 is 15.6 Å². The number of amides is 1. The number of rotatable bonds is 7. The van der Waals surface area contributed by atoms with Crippen LogP contribution in [0.5, 0.6) is 5.75 Å². The molecule has 3 rings (SSSR count). The van der Waals surface area contributed by atoms with Crippen molar-refractivity contribution in [3.05, 3.63) is 64.1 Å². The van der Waals surface area contributed by atoms with Crippen molar-refractivity contribution in [3.63, 3.8) is 0 Å². The summed E-state index contributed by atoms with van der Waals surface area (Å²) in [5.74, 6) is -0.596. The molecular weight excluding hydrogens is 398 g/mol. The van der Waals surface area contributed by atoms with Crippen molar-refractivity contribution in [1.29, 1.82) is 0 Å². The number of ether oxygens (including phenoxy) is 2. The number of nitrogens with zero attached hydrogens (tertiary/aromatic N) is 2. The molecular formula is C23H25N3O5. The average Bonchev–Trinajstić information content (AvgIpc) is 2.75. The molecule has 0 aliphatic heterocycles. The largest absolute Gasteiger partial charge is 0.492 e. The van der Waals surface area contributed by atoms with E-state index in [1.807, 2.05) is 13.8 Å². The highest BCUT2D eigenvalue weighted by molar-refractivity contribution is 5.99. The second-order valence-electron chi connectivity index (χ2n) is 6.92. The van der Waals surface area contributed by atoms with Crippen molar-refractivity contribution >= 4 is 28.6 Å². The Morgan fingerprint density at radius 1 is 1.16 bits per heavy atom. The lowest BCUT2D eigenvalue weighted by Gasteiger charge is -2.16. The van der Waals surface area contributed by atoms with E-state index in [0.717, 1.165) is 0 Å². The Bertz CT molecular complexity index is 1190. The number of hydrogen-bond acceptors (Lipinski definition) is 6. The van der Waals surface area contributed by atoms with Crippen LogP contribution in [0.1, 0.15) is 36.8 Å². The first kappa shape index (κ1) is 22.0. The van der Waals surface area contributed by atoms with E-state index in [9.17, 15) is 14.4 Å². The van der Waals surface area contributed by atoms with Gasteiger partial charge in [-0.3, -0.25) is 9.59 Å². The van der Waals surface area contributed by atoms with Crippen molar-refractivity contribution in [1.82, 2.24) is 9.55 Å². The molecule has 2 aromatic carbocycles. The highest BCUT2D eigenvalue weighted by Crippen LogP contribution is 2.24. The van der Waals surface area contributed by atoms with Crippen molar-refractivity contribution in [3.8, 4) is 5.75 Å². The van der Waals surface area contributed by atoms with Gasteiger partial charge in [-0.2, -0.15) is 0 Å². The zero-order chi connectivity index (χ0) is 22.5. The Balaban J connectivity index is 1.76. The third kappa shape index (κ3) is 4.74. The highest BCUT2D eigenvalue weighted by Gasteiger charge is 2.21. The SMILES string of the molecule is CCOc1ccccc1NC(=O)[C@H](C)OC(=O)c1ccc2c(c1)nc(C)c(=O)n2CC. The van der Waals surface area contributed by atoms with Crippen LogP contribution in [0.15, 0.2) is 47.3 Å². The zero-order valence-electron chi connectivity index (χ0n) is 18.0. The van der Waals surface area contributed by atoms with Gasteiger partial charge < -0.3 is 19.4 Å². The number of anilines is 1. The van der Waals surface area contributed by atoms with Gasteiger partial charge in [-0.05, 0) is 58.0 Å². The van der Waals surface area contributed by atoms with Crippen LogP contribution in [-0.2, 0) is 16.1 Å². The Labute approximate surface area is 179 Å². The molecule has 0 radical (unpaired) electrons. The Morgan fingerprint density at radius 3 is 2.61 bits per heavy atom. The molecule has 0 saturated carbocycles. The number of esters is 1. The fourth-order valence-electron chi connectivity index (χ4n) is 3.18. The number of fused-ring (bicyclic) bond motifs is 1. The molecule has 3 aromatic rings. The maximum Gasteiger partial charge on any atom is 0.338 e. The Hall–Kier alpha value is -3.68. The second-order valence-corrected chi connectivity index (χ2v) is 6.92. The van der Waals surface area contributed by atoms with E-state index in [-0.39, 0.29) is 11.1 Å². The molecule has 31 heavy (non-hydrogen) atoms. The maximum atomic E-state index is 12.6. The van der Waals surface area contributed by atoms with Crippen molar-refractivity contribution in [2.45, 2.75) is 40.3 Å². The monoisotopic (exact) mass is 423 g/mol. The summed E-state index contributed by atoms with van der Waals surface area (Å²) < 4.78 is 12.4. The van der Waals surface area contributed by atoms with Crippen LogP contribution >= 0.6 is 0 Å². The first-order valence-electron chi connectivity index (χ1n) is 10.1. The summed E-state index contributed by atoms with van der Waals surface area (Å²) in [5.41, 5.74) is 2.07. The highest BCUT2D eigenvalue weighted by atomic mass is 16.5. The number of nitrogens with one attached hydrogen (secondary N) is 1. The number of hydrogen-bond donors (Lipinski definition) is 1. The lowest BCUT2D eigenvalue weighted by Crippen LogP contribution is -2.30. The quantitative estimate of drug-likeness (QED) is 0.586. The van der Waals surface area contributed by atoms with E-state index in [2.05, 4.69) is 10.3 Å². The molecule has 162 valence electrons. The van der Waals surface area contributed by atoms with E-state index in [0.29, 0.717) is 41.3 Å².